The molecule has 0 bridgehead atoms. The molecule has 0 saturated carbocycles. The monoisotopic (exact) mass is 209 g/mol. The lowest BCUT2D eigenvalue weighted by molar-refractivity contribution is 0.132. The number of sulfonamides is 1. The molecule has 0 aromatic rings. The Morgan fingerprint density at radius 2 is 1.92 bits per heavy atom. The summed E-state index contributed by atoms with van der Waals surface area (Å²) in [5.74, 6) is 0. The molecule has 0 spiro atoms. The molecule has 0 radical (unpaired) electrons. The van der Waals surface area contributed by atoms with E-state index in [-0.39, 0.29) is 0 Å². The van der Waals surface area contributed by atoms with Gasteiger partial charge in [-0.25, -0.2) is 13.1 Å². The van der Waals surface area contributed by atoms with E-state index in [0.29, 0.717) is 12.8 Å². The van der Waals surface area contributed by atoms with Gasteiger partial charge < -0.3 is 5.11 Å². The number of aliphatic hydroxyl groups excluding tert-OH is 1. The summed E-state index contributed by atoms with van der Waals surface area (Å²) >= 11 is 0. The Balaban J connectivity index is 4.24. The van der Waals surface area contributed by atoms with Gasteiger partial charge >= 0.3 is 0 Å². The van der Waals surface area contributed by atoms with E-state index >= 15 is 0 Å². The van der Waals surface area contributed by atoms with Crippen LogP contribution in [0.15, 0.2) is 0 Å². The van der Waals surface area contributed by atoms with Crippen LogP contribution in [-0.2, 0) is 10.0 Å². The molecule has 0 fully saturated rings. The van der Waals surface area contributed by atoms with Crippen molar-refractivity contribution in [2.45, 2.75) is 45.3 Å². The third-order valence-electron chi connectivity index (χ3n) is 1.68. The molecular weight excluding hydrogens is 190 g/mol. The van der Waals surface area contributed by atoms with Gasteiger partial charge in [-0.3, -0.25) is 0 Å². The highest BCUT2D eigenvalue weighted by molar-refractivity contribution is 7.88. The Hall–Kier alpha value is -0.130. The molecule has 0 rings (SSSR count). The quantitative estimate of drug-likeness (QED) is 0.692. The van der Waals surface area contributed by atoms with E-state index in [1.54, 1.807) is 13.8 Å². The molecule has 5 heteroatoms. The van der Waals surface area contributed by atoms with Crippen molar-refractivity contribution in [3.8, 4) is 0 Å². The lowest BCUT2D eigenvalue weighted by atomic mass is 9.97. The minimum absolute atomic E-state index is 0.427. The molecule has 0 heterocycles. The highest BCUT2D eigenvalue weighted by Crippen LogP contribution is 2.14. The SMILES string of the molecule is CCC(O)CC(C)(C)NS(C)(=O)=O. The Bertz CT molecular complexity index is 246. The van der Waals surface area contributed by atoms with Crippen LogP contribution in [0.4, 0.5) is 0 Å². The maximum absolute atomic E-state index is 10.9. The topological polar surface area (TPSA) is 66.4 Å². The van der Waals surface area contributed by atoms with Crippen LogP contribution in [0.2, 0.25) is 0 Å². The minimum atomic E-state index is -3.20. The molecular formula is C8H19NO3S. The summed E-state index contributed by atoms with van der Waals surface area (Å²) in [6, 6.07) is 0. The predicted octanol–water partition coefficient (Wildman–Crippen LogP) is 0.475. The van der Waals surface area contributed by atoms with E-state index in [2.05, 4.69) is 4.72 Å². The van der Waals surface area contributed by atoms with Gasteiger partial charge in [-0.15, -0.1) is 0 Å². The molecule has 0 aromatic carbocycles. The normalized spacial score (nSPS) is 15.8. The molecule has 80 valence electrons. The maximum Gasteiger partial charge on any atom is 0.209 e. The largest absolute Gasteiger partial charge is 0.393 e. The summed E-state index contributed by atoms with van der Waals surface area (Å²) in [5, 5.41) is 9.36. The van der Waals surface area contributed by atoms with E-state index < -0.39 is 21.7 Å². The summed E-state index contributed by atoms with van der Waals surface area (Å²) in [7, 11) is -3.20. The fraction of sp³-hybridized carbons (Fsp3) is 1.00. The van der Waals surface area contributed by atoms with Gasteiger partial charge in [-0.1, -0.05) is 6.92 Å². The second-order valence-electron chi connectivity index (χ2n) is 4.02. The standard InChI is InChI=1S/C8H19NO3S/c1-5-7(10)6-8(2,3)9-13(4,11)12/h7,9-10H,5-6H2,1-4H3. The molecule has 0 aliphatic carbocycles. The summed E-state index contributed by atoms with van der Waals surface area (Å²) < 4.78 is 24.3. The van der Waals surface area contributed by atoms with E-state index in [4.69, 9.17) is 0 Å². The first-order valence-corrected chi connectivity index (χ1v) is 6.22. The predicted molar refractivity (Wildman–Crippen MR) is 53.0 cm³/mol. The van der Waals surface area contributed by atoms with Crippen molar-refractivity contribution in [2.75, 3.05) is 6.26 Å². The van der Waals surface area contributed by atoms with Crippen LogP contribution in [0.3, 0.4) is 0 Å². The second kappa shape index (κ2) is 4.39. The number of aliphatic hydroxyl groups is 1. The van der Waals surface area contributed by atoms with E-state index in [0.717, 1.165) is 6.26 Å². The van der Waals surface area contributed by atoms with Crippen LogP contribution >= 0.6 is 0 Å². The molecule has 13 heavy (non-hydrogen) atoms. The Kier molecular flexibility index (Phi) is 4.35. The van der Waals surface area contributed by atoms with Gasteiger partial charge in [0.25, 0.3) is 0 Å². The summed E-state index contributed by atoms with van der Waals surface area (Å²) in [4.78, 5) is 0. The van der Waals surface area contributed by atoms with Crippen LogP contribution in [0.25, 0.3) is 0 Å². The van der Waals surface area contributed by atoms with Crippen molar-refractivity contribution < 1.29 is 13.5 Å². The van der Waals surface area contributed by atoms with Crippen LogP contribution in [-0.4, -0.2) is 31.4 Å². The molecule has 1 atom stereocenters. The fourth-order valence-corrected chi connectivity index (χ4v) is 2.36. The van der Waals surface area contributed by atoms with Crippen LogP contribution in [0.5, 0.6) is 0 Å². The Morgan fingerprint density at radius 1 is 1.46 bits per heavy atom. The molecule has 0 aromatic heterocycles. The fourth-order valence-electron chi connectivity index (χ4n) is 1.28. The van der Waals surface area contributed by atoms with Crippen LogP contribution in [0, 0.1) is 0 Å². The number of hydrogen-bond donors (Lipinski definition) is 2. The average Bonchev–Trinajstić information content (AvgIpc) is 1.80. The smallest absolute Gasteiger partial charge is 0.209 e. The molecule has 0 aliphatic heterocycles. The van der Waals surface area contributed by atoms with E-state index in [1.165, 1.54) is 0 Å². The second-order valence-corrected chi connectivity index (χ2v) is 5.77. The number of rotatable bonds is 5. The van der Waals surface area contributed by atoms with Gasteiger partial charge in [0.15, 0.2) is 0 Å². The van der Waals surface area contributed by atoms with Gasteiger partial charge in [-0.05, 0) is 26.7 Å². The molecule has 0 aliphatic rings. The Morgan fingerprint density at radius 3 is 2.23 bits per heavy atom. The molecule has 0 amide bonds. The van der Waals surface area contributed by atoms with Gasteiger partial charge in [0, 0.05) is 5.54 Å². The molecule has 0 saturated heterocycles. The zero-order chi connectivity index (χ0) is 10.7. The van der Waals surface area contributed by atoms with Gasteiger partial charge in [0.05, 0.1) is 12.4 Å². The van der Waals surface area contributed by atoms with Crippen molar-refractivity contribution in [1.82, 2.24) is 4.72 Å². The highest BCUT2D eigenvalue weighted by atomic mass is 32.2. The van der Waals surface area contributed by atoms with Crippen molar-refractivity contribution in [3.63, 3.8) is 0 Å². The highest BCUT2D eigenvalue weighted by Gasteiger charge is 2.24. The first-order valence-electron chi connectivity index (χ1n) is 4.33. The third kappa shape index (κ3) is 6.98. The van der Waals surface area contributed by atoms with Crippen molar-refractivity contribution in [2.24, 2.45) is 0 Å². The van der Waals surface area contributed by atoms with E-state index in [1.807, 2.05) is 6.92 Å². The summed E-state index contributed by atoms with van der Waals surface area (Å²) in [5.41, 5.74) is -0.580. The van der Waals surface area contributed by atoms with Crippen molar-refractivity contribution >= 4 is 10.0 Å². The zero-order valence-corrected chi connectivity index (χ0v) is 9.48. The zero-order valence-electron chi connectivity index (χ0n) is 8.66. The lowest BCUT2D eigenvalue weighted by Gasteiger charge is -2.27. The van der Waals surface area contributed by atoms with Gasteiger partial charge in [0.1, 0.15) is 0 Å². The lowest BCUT2D eigenvalue weighted by Crippen LogP contribution is -2.44. The summed E-state index contributed by atoms with van der Waals surface area (Å²) in [6.45, 7) is 5.38. The van der Waals surface area contributed by atoms with Crippen LogP contribution in [0.1, 0.15) is 33.6 Å². The Labute approximate surface area is 80.4 Å². The minimum Gasteiger partial charge on any atom is -0.393 e. The van der Waals surface area contributed by atoms with Gasteiger partial charge in [0.2, 0.25) is 10.0 Å². The first-order chi connectivity index (χ1) is 5.66. The average molecular weight is 209 g/mol. The molecule has 1 unspecified atom stereocenters. The third-order valence-corrected chi connectivity index (χ3v) is 2.60. The van der Waals surface area contributed by atoms with Gasteiger partial charge in [-0.2, -0.15) is 0 Å². The molecule has 2 N–H and O–H groups in total. The first kappa shape index (κ1) is 12.9. The number of nitrogens with one attached hydrogen (secondary N) is 1. The van der Waals surface area contributed by atoms with Crippen molar-refractivity contribution in [3.05, 3.63) is 0 Å². The van der Waals surface area contributed by atoms with Crippen molar-refractivity contribution in [1.29, 1.82) is 0 Å². The maximum atomic E-state index is 10.9. The summed E-state index contributed by atoms with van der Waals surface area (Å²) in [6.07, 6.45) is 1.72. The molecule has 4 nitrogen and oxygen atoms in total. The van der Waals surface area contributed by atoms with E-state index in [9.17, 15) is 13.5 Å². The van der Waals surface area contributed by atoms with Crippen LogP contribution < -0.4 is 4.72 Å². The number of hydrogen-bond acceptors (Lipinski definition) is 3.